The van der Waals surface area contributed by atoms with Gasteiger partial charge in [-0.1, -0.05) is 157 Å². The first-order valence-corrected chi connectivity index (χ1v) is 14.8. The van der Waals surface area contributed by atoms with Crippen LogP contribution < -0.4 is 0 Å². The minimum absolute atomic E-state index is 0.474. The van der Waals surface area contributed by atoms with Crippen molar-refractivity contribution in [2.24, 2.45) is 0 Å². The van der Waals surface area contributed by atoms with E-state index in [1.165, 1.54) is 50.1 Å². The summed E-state index contributed by atoms with van der Waals surface area (Å²) in [6.45, 7) is 0. The Morgan fingerprint density at radius 1 is 0.405 bits per heavy atom. The summed E-state index contributed by atoms with van der Waals surface area (Å²) in [5, 5.41) is 2.96. The lowest BCUT2D eigenvalue weighted by Gasteiger charge is -2.35. The van der Waals surface area contributed by atoms with Crippen molar-refractivity contribution in [3.8, 4) is 33.4 Å². The van der Waals surface area contributed by atoms with Crippen molar-refractivity contribution in [3.05, 3.63) is 191 Å². The minimum Gasteiger partial charge on any atom is -0.0836 e. The fourth-order valence-electron chi connectivity index (χ4n) is 7.03. The van der Waals surface area contributed by atoms with Crippen LogP contribution >= 0.6 is 11.6 Å². The molecule has 0 spiro atoms. The lowest BCUT2D eigenvalue weighted by molar-refractivity contribution is 0.770. The monoisotopic (exact) mass is 554 g/mol. The molecule has 42 heavy (non-hydrogen) atoms. The van der Waals surface area contributed by atoms with Gasteiger partial charge in [-0.2, -0.15) is 0 Å². The maximum atomic E-state index is 7.06. The number of halogens is 1. The Kier molecular flexibility index (Phi) is 5.84. The number of benzene rings is 7. The molecule has 1 aliphatic rings. The Labute approximate surface area is 251 Å². The van der Waals surface area contributed by atoms with Crippen LogP contribution in [-0.2, 0) is 5.41 Å². The molecule has 0 atom stereocenters. The largest absolute Gasteiger partial charge is 0.0836 e. The third-order valence-corrected chi connectivity index (χ3v) is 9.11. The Bertz CT molecular complexity index is 2040. The summed E-state index contributed by atoms with van der Waals surface area (Å²) in [4.78, 5) is 0. The molecule has 0 saturated carbocycles. The smallest absolute Gasteiger partial charge is 0.0719 e. The van der Waals surface area contributed by atoms with E-state index in [1.54, 1.807) is 0 Å². The van der Waals surface area contributed by atoms with Crippen LogP contribution in [0, 0.1) is 0 Å². The zero-order valence-corrected chi connectivity index (χ0v) is 23.7. The van der Waals surface area contributed by atoms with Crippen molar-refractivity contribution in [2.75, 3.05) is 0 Å². The quantitative estimate of drug-likeness (QED) is 0.203. The molecule has 0 fully saturated rings. The van der Waals surface area contributed by atoms with Crippen molar-refractivity contribution in [1.82, 2.24) is 0 Å². The van der Waals surface area contributed by atoms with Gasteiger partial charge in [0.2, 0.25) is 0 Å². The van der Waals surface area contributed by atoms with Crippen molar-refractivity contribution in [1.29, 1.82) is 0 Å². The maximum Gasteiger partial charge on any atom is 0.0719 e. The van der Waals surface area contributed by atoms with E-state index in [4.69, 9.17) is 11.6 Å². The number of hydrogen-bond donors (Lipinski definition) is 0. The summed E-state index contributed by atoms with van der Waals surface area (Å²) in [6.07, 6.45) is 0. The number of rotatable bonds is 4. The second-order valence-electron chi connectivity index (χ2n) is 11.0. The van der Waals surface area contributed by atoms with Crippen LogP contribution in [0.3, 0.4) is 0 Å². The second-order valence-corrected chi connectivity index (χ2v) is 11.4. The van der Waals surface area contributed by atoms with E-state index in [0.29, 0.717) is 0 Å². The van der Waals surface area contributed by atoms with Crippen LogP contribution in [-0.4, -0.2) is 0 Å². The van der Waals surface area contributed by atoms with Crippen LogP contribution in [0.2, 0.25) is 5.02 Å². The van der Waals surface area contributed by atoms with Gasteiger partial charge in [0.05, 0.1) is 5.41 Å². The summed E-state index contributed by atoms with van der Waals surface area (Å²) in [5.41, 5.74) is 11.9. The molecular weight excluding hydrogens is 528 g/mol. The van der Waals surface area contributed by atoms with Crippen molar-refractivity contribution in [3.63, 3.8) is 0 Å². The Morgan fingerprint density at radius 3 is 1.69 bits per heavy atom. The lowest BCUT2D eigenvalue weighted by Crippen LogP contribution is -2.29. The molecule has 8 rings (SSSR count). The van der Waals surface area contributed by atoms with Crippen LogP contribution in [0.5, 0.6) is 0 Å². The maximum absolute atomic E-state index is 7.06. The molecule has 7 aromatic carbocycles. The van der Waals surface area contributed by atoms with Gasteiger partial charge in [-0.05, 0) is 79.2 Å². The highest BCUT2D eigenvalue weighted by Crippen LogP contribution is 2.58. The summed E-state index contributed by atoms with van der Waals surface area (Å²) in [7, 11) is 0. The Balaban J connectivity index is 1.45. The highest BCUT2D eigenvalue weighted by molar-refractivity contribution is 6.36. The van der Waals surface area contributed by atoms with Gasteiger partial charge in [-0.25, -0.2) is 0 Å². The summed E-state index contributed by atoms with van der Waals surface area (Å²) >= 11 is 7.06. The third kappa shape index (κ3) is 3.69. The summed E-state index contributed by atoms with van der Waals surface area (Å²) < 4.78 is 0. The second kappa shape index (κ2) is 9.87. The average molecular weight is 555 g/mol. The molecule has 1 heteroatoms. The average Bonchev–Trinajstić information content (AvgIpc) is 3.37. The van der Waals surface area contributed by atoms with E-state index >= 15 is 0 Å². The molecule has 0 heterocycles. The molecule has 0 radical (unpaired) electrons. The van der Waals surface area contributed by atoms with Gasteiger partial charge in [0.25, 0.3) is 0 Å². The van der Waals surface area contributed by atoms with E-state index in [-0.39, 0.29) is 0 Å². The standard InChI is InChI=1S/C41H27Cl/c42-39-27-31(26-30-25-29(23-24-34(30)39)28-13-4-1-5-14-28)35-20-12-21-37-36-19-10-11-22-38(36)41(40(35)37,32-15-6-2-7-16-32)33-17-8-3-9-18-33/h1-27H. The number of fused-ring (bicyclic) bond motifs is 4. The van der Waals surface area contributed by atoms with Crippen LogP contribution in [0.15, 0.2) is 164 Å². The predicted molar refractivity (Wildman–Crippen MR) is 177 cm³/mol. The molecule has 0 nitrogen and oxygen atoms in total. The van der Waals surface area contributed by atoms with Gasteiger partial charge in [-0.3, -0.25) is 0 Å². The predicted octanol–water partition coefficient (Wildman–Crippen LogP) is 11.2. The zero-order valence-electron chi connectivity index (χ0n) is 23.0. The third-order valence-electron chi connectivity index (χ3n) is 8.79. The summed E-state index contributed by atoms with van der Waals surface area (Å²) in [5.74, 6) is 0. The van der Waals surface area contributed by atoms with Crippen molar-refractivity contribution < 1.29 is 0 Å². The van der Waals surface area contributed by atoms with E-state index in [1.807, 2.05) is 0 Å². The molecule has 0 unspecified atom stereocenters. The molecule has 0 saturated heterocycles. The van der Waals surface area contributed by atoms with Gasteiger partial charge in [0.1, 0.15) is 0 Å². The lowest BCUT2D eigenvalue weighted by atomic mass is 9.66. The topological polar surface area (TPSA) is 0 Å². The van der Waals surface area contributed by atoms with Crippen LogP contribution in [0.25, 0.3) is 44.2 Å². The molecule has 0 N–H and O–H groups in total. The Morgan fingerprint density at radius 2 is 0.976 bits per heavy atom. The van der Waals surface area contributed by atoms with E-state index in [0.717, 1.165) is 21.4 Å². The van der Waals surface area contributed by atoms with Gasteiger partial charge in [-0.15, -0.1) is 0 Å². The molecule has 0 aromatic heterocycles. The van der Waals surface area contributed by atoms with Crippen molar-refractivity contribution >= 4 is 22.4 Å². The first kappa shape index (κ1) is 24.9. The van der Waals surface area contributed by atoms with Crippen LogP contribution in [0.1, 0.15) is 22.3 Å². The van der Waals surface area contributed by atoms with E-state index in [9.17, 15) is 0 Å². The zero-order chi connectivity index (χ0) is 28.1. The van der Waals surface area contributed by atoms with Gasteiger partial charge in [0, 0.05) is 10.4 Å². The van der Waals surface area contributed by atoms with Crippen molar-refractivity contribution in [2.45, 2.75) is 5.41 Å². The fourth-order valence-corrected chi connectivity index (χ4v) is 7.32. The van der Waals surface area contributed by atoms with Gasteiger partial charge >= 0.3 is 0 Å². The summed E-state index contributed by atoms with van der Waals surface area (Å²) in [6, 6.07) is 59.1. The number of hydrogen-bond acceptors (Lipinski definition) is 0. The molecule has 7 aromatic rings. The molecule has 0 bridgehead atoms. The highest BCUT2D eigenvalue weighted by Gasteiger charge is 2.47. The molecule has 1 aliphatic carbocycles. The minimum atomic E-state index is -0.474. The molecule has 0 aliphatic heterocycles. The molecule has 198 valence electrons. The molecular formula is C41H27Cl. The highest BCUT2D eigenvalue weighted by atomic mass is 35.5. The van der Waals surface area contributed by atoms with Gasteiger partial charge < -0.3 is 0 Å². The SMILES string of the molecule is Clc1cc(-c2cccc3c2C(c2ccccc2)(c2ccccc2)c2ccccc2-3)cc2cc(-c3ccccc3)ccc12. The Hall–Kier alpha value is -4.91. The normalized spacial score (nSPS) is 13.1. The van der Waals surface area contributed by atoms with E-state index < -0.39 is 5.41 Å². The van der Waals surface area contributed by atoms with Crippen LogP contribution in [0.4, 0.5) is 0 Å². The molecule has 0 amide bonds. The van der Waals surface area contributed by atoms with Gasteiger partial charge in [0.15, 0.2) is 0 Å². The first-order chi connectivity index (χ1) is 20.7. The fraction of sp³-hybridized carbons (Fsp3) is 0.0244. The van der Waals surface area contributed by atoms with E-state index in [2.05, 4.69) is 164 Å². The first-order valence-electron chi connectivity index (χ1n) is 14.4.